The summed E-state index contributed by atoms with van der Waals surface area (Å²) in [5.74, 6) is 0. The molecule has 17 heavy (non-hydrogen) atoms. The fraction of sp³-hybridized carbons (Fsp3) is 0.250. The lowest BCUT2D eigenvalue weighted by molar-refractivity contribution is 0.790. The zero-order valence-corrected chi connectivity index (χ0v) is 10.5. The molecule has 0 aliphatic rings. The van der Waals surface area contributed by atoms with Crippen LogP contribution in [0.3, 0.4) is 0 Å². The van der Waals surface area contributed by atoms with Crippen LogP contribution in [0.25, 0.3) is 0 Å². The Balaban J connectivity index is 1.93. The van der Waals surface area contributed by atoms with Gasteiger partial charge in [0.15, 0.2) is 0 Å². The van der Waals surface area contributed by atoms with Crippen molar-refractivity contribution in [3.05, 3.63) is 65.7 Å². The second-order valence-electron chi connectivity index (χ2n) is 4.60. The first-order chi connectivity index (χ1) is 8.24. The Morgan fingerprint density at radius 2 is 1.59 bits per heavy atom. The molecule has 1 nitrogen and oxygen atoms in total. The number of anilines is 1. The first-order valence-corrected chi connectivity index (χ1v) is 6.11. The number of hydrogen-bond donors (Lipinski definition) is 1. The van der Waals surface area contributed by atoms with Crippen LogP contribution in [-0.2, 0) is 6.42 Å². The smallest absolute Gasteiger partial charge is 0.0342 e. The van der Waals surface area contributed by atoms with Gasteiger partial charge in [0, 0.05) is 11.7 Å². The van der Waals surface area contributed by atoms with Gasteiger partial charge in [0.1, 0.15) is 0 Å². The molecule has 2 aromatic carbocycles. The molecule has 0 saturated heterocycles. The number of benzene rings is 2. The Kier molecular flexibility index (Phi) is 3.81. The van der Waals surface area contributed by atoms with Gasteiger partial charge in [-0.3, -0.25) is 0 Å². The third-order valence-electron chi connectivity index (χ3n) is 2.85. The lowest BCUT2D eigenvalue weighted by Gasteiger charge is -2.15. The van der Waals surface area contributed by atoms with Crippen molar-refractivity contribution in [2.24, 2.45) is 0 Å². The molecule has 0 bridgehead atoms. The Morgan fingerprint density at radius 3 is 2.24 bits per heavy atom. The van der Waals surface area contributed by atoms with Gasteiger partial charge in [-0.1, -0.05) is 48.0 Å². The number of hydrogen-bond acceptors (Lipinski definition) is 1. The van der Waals surface area contributed by atoms with Crippen molar-refractivity contribution >= 4 is 5.69 Å². The van der Waals surface area contributed by atoms with Crippen LogP contribution < -0.4 is 5.32 Å². The average molecular weight is 225 g/mol. The molecule has 2 rings (SSSR count). The van der Waals surface area contributed by atoms with Crippen LogP contribution in [-0.4, -0.2) is 6.04 Å². The van der Waals surface area contributed by atoms with Crippen molar-refractivity contribution in [2.45, 2.75) is 26.3 Å². The number of aryl methyl sites for hydroxylation is 1. The minimum Gasteiger partial charge on any atom is -0.382 e. The fourth-order valence-corrected chi connectivity index (χ4v) is 1.95. The fourth-order valence-electron chi connectivity index (χ4n) is 1.95. The summed E-state index contributed by atoms with van der Waals surface area (Å²) in [7, 11) is 0. The van der Waals surface area contributed by atoms with Crippen LogP contribution in [0.4, 0.5) is 5.69 Å². The maximum absolute atomic E-state index is 3.52. The van der Waals surface area contributed by atoms with Crippen molar-refractivity contribution < 1.29 is 0 Å². The molecule has 0 heterocycles. The molecule has 88 valence electrons. The van der Waals surface area contributed by atoms with Crippen LogP contribution in [0.15, 0.2) is 54.6 Å². The molecule has 0 aliphatic carbocycles. The van der Waals surface area contributed by atoms with E-state index in [0.29, 0.717) is 6.04 Å². The molecule has 1 N–H and O–H groups in total. The Bertz CT molecular complexity index is 445. The zero-order chi connectivity index (χ0) is 12.1. The SMILES string of the molecule is Cc1ccc(N[C@@H](C)Cc2ccccc2)cc1. The van der Waals surface area contributed by atoms with E-state index in [1.807, 2.05) is 0 Å². The van der Waals surface area contributed by atoms with Crippen molar-refractivity contribution in [3.63, 3.8) is 0 Å². The molecule has 1 heteroatoms. The van der Waals surface area contributed by atoms with E-state index in [1.165, 1.54) is 16.8 Å². The second-order valence-corrected chi connectivity index (χ2v) is 4.60. The van der Waals surface area contributed by atoms with Crippen LogP contribution in [0.1, 0.15) is 18.1 Å². The summed E-state index contributed by atoms with van der Waals surface area (Å²) in [6.45, 7) is 4.32. The Hall–Kier alpha value is -1.76. The summed E-state index contributed by atoms with van der Waals surface area (Å²) in [5.41, 5.74) is 3.87. The van der Waals surface area contributed by atoms with E-state index in [-0.39, 0.29) is 0 Å². The monoisotopic (exact) mass is 225 g/mol. The van der Waals surface area contributed by atoms with E-state index in [1.54, 1.807) is 0 Å². The highest BCUT2D eigenvalue weighted by molar-refractivity contribution is 5.45. The van der Waals surface area contributed by atoms with Crippen LogP contribution in [0.2, 0.25) is 0 Å². The standard InChI is InChI=1S/C16H19N/c1-13-8-10-16(11-9-13)17-14(2)12-15-6-4-3-5-7-15/h3-11,14,17H,12H2,1-2H3/t14-/m0/s1. The summed E-state index contributed by atoms with van der Waals surface area (Å²) in [5, 5.41) is 3.52. The van der Waals surface area contributed by atoms with Crippen molar-refractivity contribution in [2.75, 3.05) is 5.32 Å². The molecular weight excluding hydrogens is 206 g/mol. The van der Waals surface area contributed by atoms with E-state index in [4.69, 9.17) is 0 Å². The van der Waals surface area contributed by atoms with Gasteiger partial charge < -0.3 is 5.32 Å². The molecule has 0 spiro atoms. The Morgan fingerprint density at radius 1 is 0.941 bits per heavy atom. The highest BCUT2D eigenvalue weighted by Crippen LogP contribution is 2.12. The van der Waals surface area contributed by atoms with Gasteiger partial charge in [-0.25, -0.2) is 0 Å². The molecule has 0 amide bonds. The predicted molar refractivity (Wildman–Crippen MR) is 74.4 cm³/mol. The maximum Gasteiger partial charge on any atom is 0.0342 e. The summed E-state index contributed by atoms with van der Waals surface area (Å²) in [4.78, 5) is 0. The van der Waals surface area contributed by atoms with Crippen LogP contribution in [0.5, 0.6) is 0 Å². The van der Waals surface area contributed by atoms with E-state index in [9.17, 15) is 0 Å². The largest absolute Gasteiger partial charge is 0.382 e. The van der Waals surface area contributed by atoms with Crippen LogP contribution >= 0.6 is 0 Å². The van der Waals surface area contributed by atoms with Crippen LogP contribution in [0, 0.1) is 6.92 Å². The zero-order valence-electron chi connectivity index (χ0n) is 10.5. The molecule has 0 saturated carbocycles. The van der Waals surface area contributed by atoms with Gasteiger partial charge in [-0.15, -0.1) is 0 Å². The van der Waals surface area contributed by atoms with Gasteiger partial charge in [0.05, 0.1) is 0 Å². The molecule has 0 aromatic heterocycles. The molecule has 1 atom stereocenters. The first kappa shape index (κ1) is 11.7. The molecule has 2 aromatic rings. The molecular formula is C16H19N. The van der Waals surface area contributed by atoms with Gasteiger partial charge in [-0.05, 0) is 38.0 Å². The van der Waals surface area contributed by atoms with E-state index in [0.717, 1.165) is 6.42 Å². The topological polar surface area (TPSA) is 12.0 Å². The van der Waals surface area contributed by atoms with E-state index in [2.05, 4.69) is 73.8 Å². The van der Waals surface area contributed by atoms with Crippen molar-refractivity contribution in [1.82, 2.24) is 0 Å². The molecule has 0 fully saturated rings. The molecule has 0 radical (unpaired) electrons. The summed E-state index contributed by atoms with van der Waals surface area (Å²) < 4.78 is 0. The van der Waals surface area contributed by atoms with Gasteiger partial charge in [0.2, 0.25) is 0 Å². The quantitative estimate of drug-likeness (QED) is 0.828. The number of rotatable bonds is 4. The third-order valence-corrected chi connectivity index (χ3v) is 2.85. The van der Waals surface area contributed by atoms with Gasteiger partial charge >= 0.3 is 0 Å². The number of nitrogens with one attached hydrogen (secondary N) is 1. The predicted octanol–water partition coefficient (Wildman–Crippen LogP) is 4.04. The highest BCUT2D eigenvalue weighted by atomic mass is 14.9. The van der Waals surface area contributed by atoms with Crippen molar-refractivity contribution in [3.8, 4) is 0 Å². The lowest BCUT2D eigenvalue weighted by Crippen LogP contribution is -2.17. The van der Waals surface area contributed by atoms with Gasteiger partial charge in [-0.2, -0.15) is 0 Å². The van der Waals surface area contributed by atoms with Gasteiger partial charge in [0.25, 0.3) is 0 Å². The third kappa shape index (κ3) is 3.63. The second kappa shape index (κ2) is 5.53. The summed E-state index contributed by atoms with van der Waals surface area (Å²) in [6.07, 6.45) is 1.05. The first-order valence-electron chi connectivity index (χ1n) is 6.11. The molecule has 0 aliphatic heterocycles. The minimum atomic E-state index is 0.445. The average Bonchev–Trinajstić information content (AvgIpc) is 2.33. The van der Waals surface area contributed by atoms with E-state index >= 15 is 0 Å². The highest BCUT2D eigenvalue weighted by Gasteiger charge is 2.02. The lowest BCUT2D eigenvalue weighted by atomic mass is 10.1. The molecule has 0 unspecified atom stereocenters. The summed E-state index contributed by atoms with van der Waals surface area (Å²) >= 11 is 0. The Labute approximate surface area is 103 Å². The summed E-state index contributed by atoms with van der Waals surface area (Å²) in [6, 6.07) is 19.6. The van der Waals surface area contributed by atoms with Crippen molar-refractivity contribution in [1.29, 1.82) is 0 Å². The normalized spacial score (nSPS) is 12.1. The van der Waals surface area contributed by atoms with E-state index < -0.39 is 0 Å². The minimum absolute atomic E-state index is 0.445. The maximum atomic E-state index is 3.52.